The molecule has 1 aromatic carbocycles. The molecule has 1 aliphatic rings. The molecule has 0 amide bonds. The number of fused-ring (bicyclic) bond motifs is 1. The minimum atomic E-state index is 0.159. The molecule has 0 fully saturated rings. The molecule has 0 aromatic heterocycles. The molecule has 0 saturated heterocycles. The van der Waals surface area contributed by atoms with Crippen molar-refractivity contribution in [2.24, 2.45) is 0 Å². The molecule has 0 atom stereocenters. The maximum Gasteiger partial charge on any atom is 0.161 e. The second-order valence-electron chi connectivity index (χ2n) is 4.11. The minimum Gasteiger partial charge on any atom is -0.486 e. The number of benzene rings is 1. The van der Waals surface area contributed by atoms with Gasteiger partial charge in [-0.1, -0.05) is 6.07 Å². The Morgan fingerprint density at radius 2 is 2.06 bits per heavy atom. The predicted molar refractivity (Wildman–Crippen MR) is 64.7 cm³/mol. The van der Waals surface area contributed by atoms with Crippen LogP contribution < -0.4 is 14.8 Å². The van der Waals surface area contributed by atoms with Gasteiger partial charge in [-0.15, -0.1) is 0 Å². The Kier molecular flexibility index (Phi) is 3.98. The average Bonchev–Trinajstić information content (AvgIpc) is 2.34. The van der Waals surface area contributed by atoms with Gasteiger partial charge in [0.15, 0.2) is 11.5 Å². The van der Waals surface area contributed by atoms with E-state index >= 15 is 0 Å². The molecule has 92 valence electrons. The lowest BCUT2D eigenvalue weighted by molar-refractivity contribution is -0.116. The smallest absolute Gasteiger partial charge is 0.161 e. The summed E-state index contributed by atoms with van der Waals surface area (Å²) in [7, 11) is 0. The van der Waals surface area contributed by atoms with E-state index in [1.54, 1.807) is 6.92 Å². The van der Waals surface area contributed by atoms with Crippen molar-refractivity contribution in [2.45, 2.75) is 13.3 Å². The summed E-state index contributed by atoms with van der Waals surface area (Å²) in [5.74, 6) is 1.80. The van der Waals surface area contributed by atoms with Crippen LogP contribution in [0.25, 0.3) is 0 Å². The van der Waals surface area contributed by atoms with Crippen LogP contribution in [-0.4, -0.2) is 32.1 Å². The van der Waals surface area contributed by atoms with E-state index in [0.29, 0.717) is 19.8 Å². The quantitative estimate of drug-likeness (QED) is 0.778. The van der Waals surface area contributed by atoms with Crippen LogP contribution in [0.3, 0.4) is 0 Å². The standard InChI is InChI=1S/C13H17NO3/c1-10(15)9-14-5-4-11-2-3-12-13(8-11)17-7-6-16-12/h2-3,8,14H,4-7,9H2,1H3. The molecule has 0 saturated carbocycles. The van der Waals surface area contributed by atoms with E-state index in [0.717, 1.165) is 24.5 Å². The monoisotopic (exact) mass is 235 g/mol. The number of hydrogen-bond acceptors (Lipinski definition) is 4. The van der Waals surface area contributed by atoms with Gasteiger partial charge >= 0.3 is 0 Å². The van der Waals surface area contributed by atoms with E-state index in [4.69, 9.17) is 9.47 Å². The summed E-state index contributed by atoms with van der Waals surface area (Å²) in [6.07, 6.45) is 0.879. The lowest BCUT2D eigenvalue weighted by Gasteiger charge is -2.18. The molecule has 1 N–H and O–H groups in total. The Labute approximate surface area is 101 Å². The van der Waals surface area contributed by atoms with Crippen LogP contribution in [0.2, 0.25) is 0 Å². The first kappa shape index (κ1) is 11.9. The highest BCUT2D eigenvalue weighted by molar-refractivity contribution is 5.77. The van der Waals surface area contributed by atoms with Crippen molar-refractivity contribution in [3.63, 3.8) is 0 Å². The summed E-state index contributed by atoms with van der Waals surface area (Å²) in [5.41, 5.74) is 1.19. The van der Waals surface area contributed by atoms with Gasteiger partial charge in [-0.2, -0.15) is 0 Å². The summed E-state index contributed by atoms with van der Waals surface area (Å²) >= 11 is 0. The number of ketones is 1. The van der Waals surface area contributed by atoms with E-state index in [1.165, 1.54) is 5.56 Å². The Morgan fingerprint density at radius 1 is 1.29 bits per heavy atom. The summed E-state index contributed by atoms with van der Waals surface area (Å²) < 4.78 is 11.0. The first-order valence-corrected chi connectivity index (χ1v) is 5.84. The van der Waals surface area contributed by atoms with Crippen molar-refractivity contribution < 1.29 is 14.3 Å². The Balaban J connectivity index is 1.86. The molecule has 0 unspecified atom stereocenters. The molecule has 0 aliphatic carbocycles. The second-order valence-corrected chi connectivity index (χ2v) is 4.11. The highest BCUT2D eigenvalue weighted by Gasteiger charge is 2.11. The zero-order valence-electron chi connectivity index (χ0n) is 9.99. The van der Waals surface area contributed by atoms with Crippen molar-refractivity contribution in [3.05, 3.63) is 23.8 Å². The average molecular weight is 235 g/mol. The summed E-state index contributed by atoms with van der Waals surface area (Å²) in [4.78, 5) is 10.7. The fourth-order valence-corrected chi connectivity index (χ4v) is 1.74. The number of carbonyl (C=O) groups excluding carboxylic acids is 1. The van der Waals surface area contributed by atoms with Gasteiger partial charge in [0.05, 0.1) is 6.54 Å². The molecular weight excluding hydrogens is 218 g/mol. The highest BCUT2D eigenvalue weighted by atomic mass is 16.6. The molecular formula is C13H17NO3. The topological polar surface area (TPSA) is 47.6 Å². The van der Waals surface area contributed by atoms with Crippen molar-refractivity contribution in [1.82, 2.24) is 5.32 Å². The number of ether oxygens (including phenoxy) is 2. The molecule has 0 radical (unpaired) electrons. The number of Topliss-reactive ketones (excluding diaryl/α,β-unsaturated/α-hetero) is 1. The normalized spacial score (nSPS) is 13.5. The summed E-state index contributed by atoms with van der Waals surface area (Å²) in [6, 6.07) is 5.97. The fourth-order valence-electron chi connectivity index (χ4n) is 1.74. The van der Waals surface area contributed by atoms with E-state index < -0.39 is 0 Å². The van der Waals surface area contributed by atoms with Crippen LogP contribution in [0.1, 0.15) is 12.5 Å². The zero-order valence-corrected chi connectivity index (χ0v) is 9.99. The van der Waals surface area contributed by atoms with Gasteiger partial charge in [-0.05, 0) is 37.6 Å². The van der Waals surface area contributed by atoms with Crippen molar-refractivity contribution in [1.29, 1.82) is 0 Å². The van der Waals surface area contributed by atoms with Gasteiger partial charge in [0.25, 0.3) is 0 Å². The Bertz CT molecular complexity index is 404. The molecule has 4 nitrogen and oxygen atoms in total. The predicted octanol–water partition coefficient (Wildman–Crippen LogP) is 1.18. The fraction of sp³-hybridized carbons (Fsp3) is 0.462. The first-order valence-electron chi connectivity index (χ1n) is 5.84. The lowest BCUT2D eigenvalue weighted by atomic mass is 10.1. The van der Waals surface area contributed by atoms with Crippen LogP contribution >= 0.6 is 0 Å². The summed E-state index contributed by atoms with van der Waals surface area (Å²) in [5, 5.41) is 3.09. The Hall–Kier alpha value is -1.55. The third-order valence-electron chi connectivity index (χ3n) is 2.57. The number of carbonyl (C=O) groups is 1. The van der Waals surface area contributed by atoms with Gasteiger partial charge < -0.3 is 14.8 Å². The van der Waals surface area contributed by atoms with Gasteiger partial charge in [0.1, 0.15) is 19.0 Å². The molecule has 17 heavy (non-hydrogen) atoms. The third-order valence-corrected chi connectivity index (χ3v) is 2.57. The number of rotatable bonds is 5. The summed E-state index contributed by atoms with van der Waals surface area (Å²) in [6.45, 7) is 4.03. The van der Waals surface area contributed by atoms with Crippen molar-refractivity contribution in [2.75, 3.05) is 26.3 Å². The molecule has 4 heteroatoms. The van der Waals surface area contributed by atoms with Crippen LogP contribution in [0.15, 0.2) is 18.2 Å². The molecule has 2 rings (SSSR count). The maximum atomic E-state index is 10.7. The largest absolute Gasteiger partial charge is 0.486 e. The first-order chi connectivity index (χ1) is 8.25. The molecule has 1 aliphatic heterocycles. The van der Waals surface area contributed by atoms with Crippen LogP contribution in [0, 0.1) is 0 Å². The minimum absolute atomic E-state index is 0.159. The van der Waals surface area contributed by atoms with Gasteiger partial charge in [0, 0.05) is 0 Å². The molecule has 0 spiro atoms. The van der Waals surface area contributed by atoms with Crippen LogP contribution in [0.5, 0.6) is 11.5 Å². The van der Waals surface area contributed by atoms with E-state index in [2.05, 4.69) is 5.32 Å². The van der Waals surface area contributed by atoms with Crippen molar-refractivity contribution >= 4 is 5.78 Å². The highest BCUT2D eigenvalue weighted by Crippen LogP contribution is 2.30. The van der Waals surface area contributed by atoms with Gasteiger partial charge in [-0.3, -0.25) is 4.79 Å². The van der Waals surface area contributed by atoms with Crippen molar-refractivity contribution in [3.8, 4) is 11.5 Å². The number of nitrogens with one attached hydrogen (secondary N) is 1. The van der Waals surface area contributed by atoms with E-state index in [-0.39, 0.29) is 5.78 Å². The lowest BCUT2D eigenvalue weighted by Crippen LogP contribution is -2.23. The van der Waals surface area contributed by atoms with Crippen LogP contribution in [-0.2, 0) is 11.2 Å². The zero-order chi connectivity index (χ0) is 12.1. The molecule has 0 bridgehead atoms. The maximum absolute atomic E-state index is 10.7. The number of hydrogen-bond donors (Lipinski definition) is 1. The van der Waals surface area contributed by atoms with Gasteiger partial charge in [0.2, 0.25) is 0 Å². The Morgan fingerprint density at radius 3 is 2.82 bits per heavy atom. The van der Waals surface area contributed by atoms with Gasteiger partial charge in [-0.25, -0.2) is 0 Å². The molecule has 1 heterocycles. The molecule has 1 aromatic rings. The van der Waals surface area contributed by atoms with E-state index in [9.17, 15) is 4.79 Å². The van der Waals surface area contributed by atoms with E-state index in [1.807, 2.05) is 18.2 Å². The SMILES string of the molecule is CC(=O)CNCCc1ccc2c(c1)OCCO2. The second kappa shape index (κ2) is 5.68. The van der Waals surface area contributed by atoms with Crippen LogP contribution in [0.4, 0.5) is 0 Å². The third kappa shape index (κ3) is 3.46.